The van der Waals surface area contributed by atoms with Gasteiger partial charge in [-0.2, -0.15) is 0 Å². The third-order valence-electron chi connectivity index (χ3n) is 1.90. The van der Waals surface area contributed by atoms with Crippen LogP contribution in [-0.4, -0.2) is 14.5 Å². The predicted octanol–water partition coefficient (Wildman–Crippen LogP) is 1.42. The third-order valence-corrected chi connectivity index (χ3v) is 1.90. The highest BCUT2D eigenvalue weighted by molar-refractivity contribution is 5.78. The lowest BCUT2D eigenvalue weighted by Gasteiger charge is -1.94. The molecule has 0 aliphatic heterocycles. The summed E-state index contributed by atoms with van der Waals surface area (Å²) in [5.41, 5.74) is 1.32. The van der Waals surface area contributed by atoms with Gasteiger partial charge in [0.25, 0.3) is 0 Å². The number of rotatable bonds is 0. The number of nitrogens with zero attached hydrogens (tertiary/aromatic N) is 3. The van der Waals surface area contributed by atoms with Gasteiger partial charge in [-0.1, -0.05) is 0 Å². The quantitative estimate of drug-likeness (QED) is 0.591. The molecule has 0 aliphatic rings. The Kier molecular flexibility index (Phi) is 1.36. The summed E-state index contributed by atoms with van der Waals surface area (Å²) in [5, 5.41) is 0.514. The van der Waals surface area contributed by atoms with E-state index in [-0.39, 0.29) is 5.82 Å². The van der Waals surface area contributed by atoms with E-state index in [1.54, 1.807) is 18.5 Å². The molecule has 0 saturated heterocycles. The second kappa shape index (κ2) is 2.27. The summed E-state index contributed by atoms with van der Waals surface area (Å²) < 4.78 is 14.8. The zero-order chi connectivity index (χ0) is 8.72. The van der Waals surface area contributed by atoms with Crippen LogP contribution in [0.5, 0.6) is 0 Å². The van der Waals surface area contributed by atoms with Crippen LogP contribution in [0.15, 0.2) is 12.5 Å². The number of hydrogen-bond acceptors (Lipinski definition) is 2. The van der Waals surface area contributed by atoms with Crippen LogP contribution in [0.3, 0.4) is 0 Å². The zero-order valence-electron chi connectivity index (χ0n) is 6.87. The Bertz CT molecular complexity index is 433. The van der Waals surface area contributed by atoms with Crippen molar-refractivity contribution < 1.29 is 4.39 Å². The first-order valence-electron chi connectivity index (χ1n) is 3.62. The first-order chi connectivity index (χ1) is 5.70. The van der Waals surface area contributed by atoms with Gasteiger partial charge in [0.05, 0.1) is 11.1 Å². The lowest BCUT2D eigenvalue weighted by molar-refractivity contribution is 0.632. The van der Waals surface area contributed by atoms with Gasteiger partial charge in [0.1, 0.15) is 12.0 Å². The number of halogens is 1. The van der Waals surface area contributed by atoms with Crippen molar-refractivity contribution in [2.75, 3.05) is 0 Å². The van der Waals surface area contributed by atoms with E-state index >= 15 is 0 Å². The molecular weight excluding hydrogens is 157 g/mol. The molecule has 0 saturated carbocycles. The van der Waals surface area contributed by atoms with E-state index in [1.165, 1.54) is 12.5 Å². The standard InChI is InChI=1S/C8H8FN3/c1-5-7-6(9)3-12(2)8(7)11-4-10-5/h3-4H,1-2H3. The van der Waals surface area contributed by atoms with Gasteiger partial charge < -0.3 is 4.57 Å². The van der Waals surface area contributed by atoms with Crippen LogP contribution in [0.1, 0.15) is 5.69 Å². The molecule has 2 aromatic rings. The summed E-state index contributed by atoms with van der Waals surface area (Å²) in [6, 6.07) is 0. The molecule has 0 spiro atoms. The van der Waals surface area contributed by atoms with Crippen LogP contribution in [0.2, 0.25) is 0 Å². The zero-order valence-corrected chi connectivity index (χ0v) is 6.87. The van der Waals surface area contributed by atoms with E-state index in [0.29, 0.717) is 16.7 Å². The highest BCUT2D eigenvalue weighted by Gasteiger charge is 2.09. The minimum absolute atomic E-state index is 0.259. The first kappa shape index (κ1) is 7.21. The SMILES string of the molecule is Cc1ncnc2c1c(F)cn2C. The summed E-state index contributed by atoms with van der Waals surface area (Å²) in [7, 11) is 1.76. The molecule has 4 heteroatoms. The molecule has 0 fully saturated rings. The van der Waals surface area contributed by atoms with Gasteiger partial charge in [-0.15, -0.1) is 0 Å². The van der Waals surface area contributed by atoms with Crippen molar-refractivity contribution in [2.24, 2.45) is 7.05 Å². The fourth-order valence-corrected chi connectivity index (χ4v) is 1.30. The molecule has 0 bridgehead atoms. The summed E-state index contributed by atoms with van der Waals surface area (Å²) in [5.74, 6) is -0.259. The monoisotopic (exact) mass is 165 g/mol. The van der Waals surface area contributed by atoms with Crippen LogP contribution >= 0.6 is 0 Å². The van der Waals surface area contributed by atoms with Gasteiger partial charge in [0.2, 0.25) is 0 Å². The molecule has 62 valence electrons. The predicted molar refractivity (Wildman–Crippen MR) is 43.2 cm³/mol. The Labute approximate surface area is 68.9 Å². The van der Waals surface area contributed by atoms with Crippen molar-refractivity contribution in [1.82, 2.24) is 14.5 Å². The number of aryl methyl sites for hydroxylation is 2. The lowest BCUT2D eigenvalue weighted by atomic mass is 10.3. The van der Waals surface area contributed by atoms with E-state index in [2.05, 4.69) is 9.97 Å². The summed E-state index contributed by atoms with van der Waals surface area (Å²) in [6.07, 6.45) is 2.85. The maximum atomic E-state index is 13.2. The van der Waals surface area contributed by atoms with Crippen molar-refractivity contribution in [2.45, 2.75) is 6.92 Å². The Morgan fingerprint density at radius 2 is 2.17 bits per heavy atom. The topological polar surface area (TPSA) is 30.7 Å². The minimum Gasteiger partial charge on any atom is -0.332 e. The third kappa shape index (κ3) is 0.809. The van der Waals surface area contributed by atoms with Gasteiger partial charge in [-0.25, -0.2) is 14.4 Å². The van der Waals surface area contributed by atoms with Crippen molar-refractivity contribution in [3.63, 3.8) is 0 Å². The molecular formula is C8H8FN3. The number of hydrogen-bond donors (Lipinski definition) is 0. The van der Waals surface area contributed by atoms with E-state index in [1.807, 2.05) is 0 Å². The van der Waals surface area contributed by atoms with Gasteiger partial charge in [-0.05, 0) is 6.92 Å². The molecule has 0 aromatic carbocycles. The minimum atomic E-state index is -0.259. The Hall–Kier alpha value is -1.45. The first-order valence-corrected chi connectivity index (χ1v) is 3.62. The van der Waals surface area contributed by atoms with Gasteiger partial charge in [0, 0.05) is 13.2 Å². The summed E-state index contributed by atoms with van der Waals surface area (Å²) in [6.45, 7) is 1.77. The normalized spacial score (nSPS) is 10.9. The molecule has 2 heterocycles. The number of fused-ring (bicyclic) bond motifs is 1. The Morgan fingerprint density at radius 3 is 2.83 bits per heavy atom. The molecule has 2 rings (SSSR count). The molecule has 0 unspecified atom stereocenters. The second-order valence-corrected chi connectivity index (χ2v) is 2.75. The van der Waals surface area contributed by atoms with Crippen LogP contribution in [0.4, 0.5) is 4.39 Å². The summed E-state index contributed by atoms with van der Waals surface area (Å²) >= 11 is 0. The highest BCUT2D eigenvalue weighted by Crippen LogP contribution is 2.18. The van der Waals surface area contributed by atoms with E-state index in [4.69, 9.17) is 0 Å². The Balaban J connectivity index is 2.99. The fraction of sp³-hybridized carbons (Fsp3) is 0.250. The molecule has 0 atom stereocenters. The largest absolute Gasteiger partial charge is 0.332 e. The van der Waals surface area contributed by atoms with Crippen LogP contribution < -0.4 is 0 Å². The van der Waals surface area contributed by atoms with Gasteiger partial charge >= 0.3 is 0 Å². The van der Waals surface area contributed by atoms with Gasteiger partial charge in [-0.3, -0.25) is 0 Å². The average Bonchev–Trinajstić information content (AvgIpc) is 2.29. The Morgan fingerprint density at radius 1 is 1.42 bits per heavy atom. The summed E-state index contributed by atoms with van der Waals surface area (Å²) in [4.78, 5) is 7.89. The molecule has 12 heavy (non-hydrogen) atoms. The molecule has 2 aromatic heterocycles. The van der Waals surface area contributed by atoms with Crippen LogP contribution in [0.25, 0.3) is 11.0 Å². The number of aromatic nitrogens is 3. The van der Waals surface area contributed by atoms with Gasteiger partial charge in [0.15, 0.2) is 5.82 Å². The van der Waals surface area contributed by atoms with Crippen molar-refractivity contribution in [3.05, 3.63) is 24.0 Å². The van der Waals surface area contributed by atoms with Crippen molar-refractivity contribution in [1.29, 1.82) is 0 Å². The molecule has 0 radical (unpaired) electrons. The maximum absolute atomic E-state index is 13.2. The smallest absolute Gasteiger partial charge is 0.152 e. The molecule has 0 aliphatic carbocycles. The van der Waals surface area contributed by atoms with E-state index in [9.17, 15) is 4.39 Å². The van der Waals surface area contributed by atoms with Crippen LogP contribution in [-0.2, 0) is 7.05 Å². The fourth-order valence-electron chi connectivity index (χ4n) is 1.30. The van der Waals surface area contributed by atoms with E-state index < -0.39 is 0 Å². The molecule has 0 amide bonds. The van der Waals surface area contributed by atoms with Crippen molar-refractivity contribution in [3.8, 4) is 0 Å². The van der Waals surface area contributed by atoms with E-state index in [0.717, 1.165) is 0 Å². The average molecular weight is 165 g/mol. The molecule has 3 nitrogen and oxygen atoms in total. The highest BCUT2D eigenvalue weighted by atomic mass is 19.1. The molecule has 0 N–H and O–H groups in total. The van der Waals surface area contributed by atoms with Crippen LogP contribution in [0, 0.1) is 12.7 Å². The maximum Gasteiger partial charge on any atom is 0.152 e. The van der Waals surface area contributed by atoms with Crippen molar-refractivity contribution >= 4 is 11.0 Å². The lowest BCUT2D eigenvalue weighted by Crippen LogP contribution is -1.90. The second-order valence-electron chi connectivity index (χ2n) is 2.75.